The summed E-state index contributed by atoms with van der Waals surface area (Å²) in [6.45, 7) is 3.82. The standard InChI is InChI=1S/C16H16F2N6O/c1-9(2)12-6-14(16-22-20-8-24(16)23-12)19-7-15(25)21-13-5-10(17)3-4-11(13)18/h3-6,8-9,19H,7H2,1-2H3,(H,21,25). The van der Waals surface area contributed by atoms with Crippen LogP contribution in [0.4, 0.5) is 20.2 Å². The number of halogens is 2. The maximum Gasteiger partial charge on any atom is 0.243 e. The molecule has 7 nitrogen and oxygen atoms in total. The van der Waals surface area contributed by atoms with Crippen LogP contribution in [0.15, 0.2) is 30.6 Å². The van der Waals surface area contributed by atoms with Gasteiger partial charge in [-0.25, -0.2) is 8.78 Å². The summed E-state index contributed by atoms with van der Waals surface area (Å²) in [5, 5.41) is 17.4. The Bertz CT molecular complexity index is 924. The van der Waals surface area contributed by atoms with Crippen molar-refractivity contribution in [2.24, 2.45) is 0 Å². The molecule has 0 fully saturated rings. The predicted molar refractivity (Wildman–Crippen MR) is 88.3 cm³/mol. The number of aromatic nitrogens is 4. The fourth-order valence-electron chi connectivity index (χ4n) is 2.22. The number of carbonyl (C=O) groups is 1. The molecular weight excluding hydrogens is 330 g/mol. The Morgan fingerprint density at radius 2 is 2.04 bits per heavy atom. The molecule has 0 bridgehead atoms. The Labute approximate surface area is 142 Å². The van der Waals surface area contributed by atoms with Crippen LogP contribution in [0.3, 0.4) is 0 Å². The number of nitrogens with zero attached hydrogens (tertiary/aromatic N) is 4. The van der Waals surface area contributed by atoms with Crippen molar-refractivity contribution in [3.8, 4) is 0 Å². The van der Waals surface area contributed by atoms with Crippen molar-refractivity contribution in [1.82, 2.24) is 19.8 Å². The lowest BCUT2D eigenvalue weighted by Crippen LogP contribution is -2.23. The number of amides is 1. The monoisotopic (exact) mass is 346 g/mol. The molecule has 2 N–H and O–H groups in total. The molecule has 9 heteroatoms. The summed E-state index contributed by atoms with van der Waals surface area (Å²) in [5.74, 6) is -1.70. The van der Waals surface area contributed by atoms with Gasteiger partial charge in [0.25, 0.3) is 0 Å². The predicted octanol–water partition coefficient (Wildman–Crippen LogP) is 2.58. The van der Waals surface area contributed by atoms with Crippen LogP contribution < -0.4 is 10.6 Å². The second-order valence-corrected chi connectivity index (χ2v) is 5.76. The lowest BCUT2D eigenvalue weighted by Gasteiger charge is -2.11. The second-order valence-electron chi connectivity index (χ2n) is 5.76. The van der Waals surface area contributed by atoms with E-state index in [1.807, 2.05) is 13.8 Å². The Morgan fingerprint density at radius 3 is 2.80 bits per heavy atom. The van der Waals surface area contributed by atoms with Gasteiger partial charge >= 0.3 is 0 Å². The number of hydrogen-bond donors (Lipinski definition) is 2. The first kappa shape index (κ1) is 16.7. The number of benzene rings is 1. The number of rotatable bonds is 5. The van der Waals surface area contributed by atoms with Gasteiger partial charge in [0.2, 0.25) is 11.6 Å². The molecule has 0 aliphatic heterocycles. The van der Waals surface area contributed by atoms with E-state index in [1.54, 1.807) is 6.07 Å². The Hall–Kier alpha value is -3.10. The van der Waals surface area contributed by atoms with Crippen molar-refractivity contribution < 1.29 is 13.6 Å². The fourth-order valence-corrected chi connectivity index (χ4v) is 2.22. The molecule has 0 radical (unpaired) electrons. The molecule has 130 valence electrons. The minimum absolute atomic E-state index is 0.153. The van der Waals surface area contributed by atoms with Crippen molar-refractivity contribution in [3.63, 3.8) is 0 Å². The Kier molecular flexibility index (Phi) is 4.55. The smallest absolute Gasteiger partial charge is 0.243 e. The molecule has 2 heterocycles. The molecule has 0 unspecified atom stereocenters. The van der Waals surface area contributed by atoms with Crippen molar-refractivity contribution in [2.75, 3.05) is 17.2 Å². The highest BCUT2D eigenvalue weighted by molar-refractivity contribution is 5.94. The zero-order valence-corrected chi connectivity index (χ0v) is 13.6. The SMILES string of the molecule is CC(C)c1cc(NCC(=O)Nc2cc(F)ccc2F)c2nncn2n1. The summed E-state index contributed by atoms with van der Waals surface area (Å²) in [7, 11) is 0. The minimum Gasteiger partial charge on any atom is -0.373 e. The van der Waals surface area contributed by atoms with Crippen LogP contribution in [0.5, 0.6) is 0 Å². The molecule has 0 aliphatic rings. The largest absolute Gasteiger partial charge is 0.373 e. The van der Waals surface area contributed by atoms with E-state index in [-0.39, 0.29) is 18.2 Å². The van der Waals surface area contributed by atoms with Crippen LogP contribution in [0.2, 0.25) is 0 Å². The van der Waals surface area contributed by atoms with Crippen molar-refractivity contribution in [1.29, 1.82) is 0 Å². The molecule has 3 aromatic rings. The third-order valence-electron chi connectivity index (χ3n) is 3.52. The van der Waals surface area contributed by atoms with E-state index in [4.69, 9.17) is 0 Å². The van der Waals surface area contributed by atoms with Crippen molar-refractivity contribution in [2.45, 2.75) is 19.8 Å². The number of nitrogens with one attached hydrogen (secondary N) is 2. The first-order chi connectivity index (χ1) is 11.9. The molecule has 0 saturated heterocycles. The zero-order valence-electron chi connectivity index (χ0n) is 13.6. The average molecular weight is 346 g/mol. The van der Waals surface area contributed by atoms with Gasteiger partial charge in [0, 0.05) is 6.07 Å². The van der Waals surface area contributed by atoms with Gasteiger partial charge in [-0.3, -0.25) is 4.79 Å². The third-order valence-corrected chi connectivity index (χ3v) is 3.52. The van der Waals surface area contributed by atoms with Crippen LogP contribution in [0.1, 0.15) is 25.5 Å². The topological polar surface area (TPSA) is 84.2 Å². The molecular formula is C16H16F2N6O. The molecule has 1 amide bonds. The zero-order chi connectivity index (χ0) is 18.0. The lowest BCUT2D eigenvalue weighted by molar-refractivity contribution is -0.114. The van der Waals surface area contributed by atoms with Crippen molar-refractivity contribution in [3.05, 3.63) is 47.9 Å². The highest BCUT2D eigenvalue weighted by Crippen LogP contribution is 2.20. The van der Waals surface area contributed by atoms with Gasteiger partial charge in [0.05, 0.1) is 23.6 Å². The van der Waals surface area contributed by atoms with Crippen LogP contribution in [0, 0.1) is 11.6 Å². The molecule has 25 heavy (non-hydrogen) atoms. The van der Waals surface area contributed by atoms with Crippen molar-refractivity contribution >= 4 is 22.9 Å². The average Bonchev–Trinajstić information content (AvgIpc) is 3.04. The van der Waals surface area contributed by atoms with E-state index >= 15 is 0 Å². The van der Waals surface area contributed by atoms with Gasteiger partial charge in [-0.15, -0.1) is 10.2 Å². The molecule has 0 atom stereocenters. The molecule has 0 saturated carbocycles. The molecule has 1 aromatic carbocycles. The molecule has 2 aromatic heterocycles. The lowest BCUT2D eigenvalue weighted by atomic mass is 10.1. The molecule has 0 spiro atoms. The minimum atomic E-state index is -0.708. The number of fused-ring (bicyclic) bond motifs is 1. The van der Waals surface area contributed by atoms with Gasteiger partial charge in [-0.2, -0.15) is 9.61 Å². The Balaban J connectivity index is 1.75. The highest BCUT2D eigenvalue weighted by atomic mass is 19.1. The number of anilines is 2. The van der Waals surface area contributed by atoms with E-state index in [2.05, 4.69) is 25.9 Å². The maximum atomic E-state index is 13.6. The van der Waals surface area contributed by atoms with Crippen LogP contribution in [0.25, 0.3) is 5.65 Å². The van der Waals surface area contributed by atoms with E-state index in [9.17, 15) is 13.6 Å². The van der Waals surface area contributed by atoms with Gasteiger partial charge in [0.15, 0.2) is 0 Å². The van der Waals surface area contributed by atoms with E-state index in [1.165, 1.54) is 10.8 Å². The van der Waals surface area contributed by atoms with Crippen LogP contribution in [-0.2, 0) is 4.79 Å². The second kappa shape index (κ2) is 6.80. The summed E-state index contributed by atoms with van der Waals surface area (Å²) in [6.07, 6.45) is 1.47. The fraction of sp³-hybridized carbons (Fsp3) is 0.250. The maximum absolute atomic E-state index is 13.6. The molecule has 3 rings (SSSR count). The summed E-state index contributed by atoms with van der Waals surface area (Å²) in [6, 6.07) is 4.64. The van der Waals surface area contributed by atoms with E-state index in [0.717, 1.165) is 23.9 Å². The summed E-state index contributed by atoms with van der Waals surface area (Å²) < 4.78 is 28.2. The first-order valence-electron chi connectivity index (χ1n) is 7.64. The van der Waals surface area contributed by atoms with E-state index in [0.29, 0.717) is 11.3 Å². The summed E-state index contributed by atoms with van der Waals surface area (Å²) in [4.78, 5) is 12.0. The highest BCUT2D eigenvalue weighted by Gasteiger charge is 2.13. The van der Waals surface area contributed by atoms with Gasteiger partial charge in [0.1, 0.15) is 18.0 Å². The number of carbonyl (C=O) groups excluding carboxylic acids is 1. The quantitative estimate of drug-likeness (QED) is 0.742. The van der Waals surface area contributed by atoms with Gasteiger partial charge in [-0.1, -0.05) is 13.8 Å². The first-order valence-corrected chi connectivity index (χ1v) is 7.64. The molecule has 0 aliphatic carbocycles. The summed E-state index contributed by atoms with van der Waals surface area (Å²) in [5.41, 5.74) is 1.63. The third kappa shape index (κ3) is 3.70. The normalized spacial score (nSPS) is 11.1. The van der Waals surface area contributed by atoms with Gasteiger partial charge in [-0.05, 0) is 24.1 Å². The van der Waals surface area contributed by atoms with E-state index < -0.39 is 17.5 Å². The Morgan fingerprint density at radius 1 is 1.24 bits per heavy atom. The van der Waals surface area contributed by atoms with Crippen LogP contribution >= 0.6 is 0 Å². The summed E-state index contributed by atoms with van der Waals surface area (Å²) >= 11 is 0. The number of hydrogen-bond acceptors (Lipinski definition) is 5. The van der Waals surface area contributed by atoms with Gasteiger partial charge < -0.3 is 10.6 Å². The van der Waals surface area contributed by atoms with Crippen LogP contribution in [-0.4, -0.2) is 32.3 Å².